The highest BCUT2D eigenvalue weighted by Crippen LogP contribution is 2.27. The average Bonchev–Trinajstić information content (AvgIpc) is 2.92. The molecule has 3 aromatic rings. The van der Waals surface area contributed by atoms with Crippen molar-refractivity contribution < 1.29 is 5.11 Å². The molecule has 0 aliphatic carbocycles. The molecule has 1 heterocycles. The maximum atomic E-state index is 10.4. The Bertz CT molecular complexity index is 689. The van der Waals surface area contributed by atoms with Gasteiger partial charge in [0, 0.05) is 12.4 Å². The summed E-state index contributed by atoms with van der Waals surface area (Å²) in [4.78, 5) is 4.00. The van der Waals surface area contributed by atoms with Crippen molar-refractivity contribution >= 4 is 10.8 Å². The second-order valence-corrected chi connectivity index (χ2v) is 4.79. The zero-order valence-electron chi connectivity index (χ0n) is 10.8. The molecule has 0 spiro atoms. The molecular formula is C16H16N2O. The fourth-order valence-electron chi connectivity index (χ4n) is 2.46. The molecule has 19 heavy (non-hydrogen) atoms. The fourth-order valence-corrected chi connectivity index (χ4v) is 2.46. The van der Waals surface area contributed by atoms with E-state index in [-0.39, 0.29) is 0 Å². The first-order chi connectivity index (χ1) is 9.25. The molecule has 0 fully saturated rings. The van der Waals surface area contributed by atoms with Crippen LogP contribution in [0.3, 0.4) is 0 Å². The average molecular weight is 252 g/mol. The number of aliphatic hydroxyl groups is 1. The lowest BCUT2D eigenvalue weighted by molar-refractivity contribution is 0.158. The molecule has 2 aromatic carbocycles. The van der Waals surface area contributed by atoms with Crippen molar-refractivity contribution in [3.05, 3.63) is 66.2 Å². The van der Waals surface area contributed by atoms with Crippen LogP contribution in [0.5, 0.6) is 0 Å². The zero-order valence-corrected chi connectivity index (χ0v) is 10.8. The van der Waals surface area contributed by atoms with Gasteiger partial charge in [0.05, 0.1) is 19.0 Å². The maximum absolute atomic E-state index is 10.4. The van der Waals surface area contributed by atoms with E-state index in [1.807, 2.05) is 29.0 Å². The number of aryl methyl sites for hydroxylation is 1. The van der Waals surface area contributed by atoms with E-state index in [1.54, 1.807) is 12.5 Å². The van der Waals surface area contributed by atoms with Crippen molar-refractivity contribution in [1.82, 2.24) is 9.55 Å². The third-order valence-corrected chi connectivity index (χ3v) is 3.48. The zero-order chi connectivity index (χ0) is 13.2. The summed E-state index contributed by atoms with van der Waals surface area (Å²) in [7, 11) is 0. The monoisotopic (exact) mass is 252 g/mol. The molecule has 0 saturated heterocycles. The molecule has 0 amide bonds. The largest absolute Gasteiger partial charge is 0.387 e. The van der Waals surface area contributed by atoms with Crippen LogP contribution in [0.15, 0.2) is 55.1 Å². The number of fused-ring (bicyclic) bond motifs is 1. The van der Waals surface area contributed by atoms with Crippen molar-refractivity contribution in [1.29, 1.82) is 0 Å². The fraction of sp³-hybridized carbons (Fsp3) is 0.188. The maximum Gasteiger partial charge on any atom is 0.0975 e. The van der Waals surface area contributed by atoms with Gasteiger partial charge >= 0.3 is 0 Å². The molecule has 0 aliphatic rings. The van der Waals surface area contributed by atoms with E-state index >= 15 is 0 Å². The van der Waals surface area contributed by atoms with E-state index in [2.05, 4.69) is 30.1 Å². The van der Waals surface area contributed by atoms with Crippen LogP contribution in [0.2, 0.25) is 0 Å². The molecule has 3 nitrogen and oxygen atoms in total. The Morgan fingerprint density at radius 3 is 2.68 bits per heavy atom. The molecular weight excluding hydrogens is 236 g/mol. The minimum absolute atomic E-state index is 0.521. The Kier molecular flexibility index (Phi) is 3.05. The first-order valence-electron chi connectivity index (χ1n) is 6.38. The van der Waals surface area contributed by atoms with Gasteiger partial charge in [0.25, 0.3) is 0 Å². The van der Waals surface area contributed by atoms with Crippen LogP contribution in [-0.2, 0) is 6.54 Å². The normalized spacial score (nSPS) is 12.7. The molecule has 0 bridgehead atoms. The SMILES string of the molecule is Cc1ccc(C(O)Cn2ccnc2)c2ccccc12. The summed E-state index contributed by atoms with van der Waals surface area (Å²) >= 11 is 0. The number of benzene rings is 2. The number of nitrogens with zero attached hydrogens (tertiary/aromatic N) is 2. The molecule has 0 radical (unpaired) electrons. The summed E-state index contributed by atoms with van der Waals surface area (Å²) in [6, 6.07) is 12.3. The first-order valence-corrected chi connectivity index (χ1v) is 6.38. The van der Waals surface area contributed by atoms with Gasteiger partial charge in [-0.2, -0.15) is 0 Å². The Morgan fingerprint density at radius 1 is 1.16 bits per heavy atom. The van der Waals surface area contributed by atoms with Gasteiger partial charge in [-0.1, -0.05) is 36.4 Å². The lowest BCUT2D eigenvalue weighted by atomic mass is 9.97. The lowest BCUT2D eigenvalue weighted by Crippen LogP contribution is -2.07. The van der Waals surface area contributed by atoms with Gasteiger partial charge < -0.3 is 9.67 Å². The van der Waals surface area contributed by atoms with Crippen LogP contribution in [0.4, 0.5) is 0 Å². The van der Waals surface area contributed by atoms with Crippen LogP contribution in [0.1, 0.15) is 17.2 Å². The third kappa shape index (κ3) is 2.25. The number of rotatable bonds is 3. The summed E-state index contributed by atoms with van der Waals surface area (Å²) < 4.78 is 1.89. The van der Waals surface area contributed by atoms with E-state index in [4.69, 9.17) is 0 Å². The molecule has 96 valence electrons. The van der Waals surface area contributed by atoms with Crippen molar-refractivity contribution in [2.24, 2.45) is 0 Å². The highest BCUT2D eigenvalue weighted by Gasteiger charge is 2.12. The predicted octanol–water partition coefficient (Wildman–Crippen LogP) is 3.08. The van der Waals surface area contributed by atoms with Gasteiger partial charge in [-0.3, -0.25) is 0 Å². The molecule has 0 aliphatic heterocycles. The van der Waals surface area contributed by atoms with E-state index in [1.165, 1.54) is 10.9 Å². The summed E-state index contributed by atoms with van der Waals surface area (Å²) in [6.07, 6.45) is 4.78. The van der Waals surface area contributed by atoms with E-state index in [0.29, 0.717) is 6.54 Å². The molecule has 3 rings (SSSR count). The summed E-state index contributed by atoms with van der Waals surface area (Å²) in [5.41, 5.74) is 2.20. The van der Waals surface area contributed by atoms with Gasteiger partial charge in [0.1, 0.15) is 0 Å². The van der Waals surface area contributed by atoms with Crippen LogP contribution in [0.25, 0.3) is 10.8 Å². The van der Waals surface area contributed by atoms with E-state index < -0.39 is 6.10 Å². The first kappa shape index (κ1) is 11.9. The van der Waals surface area contributed by atoms with Gasteiger partial charge in [-0.05, 0) is 28.8 Å². The highest BCUT2D eigenvalue weighted by molar-refractivity contribution is 5.88. The van der Waals surface area contributed by atoms with Gasteiger partial charge in [-0.15, -0.1) is 0 Å². The van der Waals surface area contributed by atoms with E-state index in [9.17, 15) is 5.11 Å². The van der Waals surface area contributed by atoms with Crippen molar-refractivity contribution in [2.45, 2.75) is 19.6 Å². The Hall–Kier alpha value is -2.13. The van der Waals surface area contributed by atoms with Gasteiger partial charge in [-0.25, -0.2) is 4.98 Å². The van der Waals surface area contributed by atoms with Gasteiger partial charge in [0.15, 0.2) is 0 Å². The lowest BCUT2D eigenvalue weighted by Gasteiger charge is -2.15. The number of hydrogen-bond donors (Lipinski definition) is 1. The number of imidazole rings is 1. The van der Waals surface area contributed by atoms with Gasteiger partial charge in [0.2, 0.25) is 0 Å². The Balaban J connectivity index is 2.03. The smallest absolute Gasteiger partial charge is 0.0975 e. The number of aromatic nitrogens is 2. The summed E-state index contributed by atoms with van der Waals surface area (Å²) in [6.45, 7) is 2.61. The van der Waals surface area contributed by atoms with Crippen molar-refractivity contribution in [2.75, 3.05) is 0 Å². The predicted molar refractivity (Wildman–Crippen MR) is 75.9 cm³/mol. The standard InChI is InChI=1S/C16H16N2O/c1-12-6-7-15(14-5-3-2-4-13(12)14)16(19)10-18-9-8-17-11-18/h2-9,11,16,19H,10H2,1H3. The Labute approximate surface area is 112 Å². The van der Waals surface area contributed by atoms with E-state index in [0.717, 1.165) is 10.9 Å². The minimum Gasteiger partial charge on any atom is -0.387 e. The van der Waals surface area contributed by atoms with Crippen molar-refractivity contribution in [3.63, 3.8) is 0 Å². The third-order valence-electron chi connectivity index (χ3n) is 3.48. The molecule has 1 aromatic heterocycles. The molecule has 0 saturated carbocycles. The van der Waals surface area contributed by atoms with Crippen LogP contribution in [0, 0.1) is 6.92 Å². The van der Waals surface area contributed by atoms with Crippen molar-refractivity contribution in [3.8, 4) is 0 Å². The molecule has 1 N–H and O–H groups in total. The second kappa shape index (κ2) is 4.86. The highest BCUT2D eigenvalue weighted by atomic mass is 16.3. The second-order valence-electron chi connectivity index (χ2n) is 4.79. The Morgan fingerprint density at radius 2 is 1.95 bits per heavy atom. The van der Waals surface area contributed by atoms with Crippen LogP contribution >= 0.6 is 0 Å². The molecule has 1 unspecified atom stereocenters. The summed E-state index contributed by atoms with van der Waals surface area (Å²) in [5.74, 6) is 0. The molecule has 1 atom stereocenters. The van der Waals surface area contributed by atoms with Crippen LogP contribution in [-0.4, -0.2) is 14.7 Å². The van der Waals surface area contributed by atoms with Crippen LogP contribution < -0.4 is 0 Å². The topological polar surface area (TPSA) is 38.0 Å². The summed E-state index contributed by atoms with van der Waals surface area (Å²) in [5, 5.41) is 12.8. The molecule has 3 heteroatoms. The quantitative estimate of drug-likeness (QED) is 0.778. The number of hydrogen-bond acceptors (Lipinski definition) is 2. The minimum atomic E-state index is -0.528. The number of aliphatic hydroxyl groups excluding tert-OH is 1.